The van der Waals surface area contributed by atoms with E-state index in [0.717, 1.165) is 6.08 Å². The van der Waals surface area contributed by atoms with Gasteiger partial charge in [-0.1, -0.05) is 19.2 Å². The summed E-state index contributed by atoms with van der Waals surface area (Å²) in [5, 5.41) is 24.4. The molecule has 0 aliphatic rings. The van der Waals surface area contributed by atoms with E-state index in [0.29, 0.717) is 5.41 Å². The Labute approximate surface area is 121 Å². The summed E-state index contributed by atoms with van der Waals surface area (Å²) < 4.78 is 26.6. The predicted molar refractivity (Wildman–Crippen MR) is 73.2 cm³/mol. The Bertz CT molecular complexity index is 502. The van der Waals surface area contributed by atoms with Crippen LogP contribution >= 0.6 is 0 Å². The highest BCUT2D eigenvalue weighted by Gasteiger charge is 2.07. The van der Waals surface area contributed by atoms with Crippen molar-refractivity contribution in [2.45, 2.75) is 13.3 Å². The van der Waals surface area contributed by atoms with Crippen LogP contribution in [0.2, 0.25) is 0 Å². The number of hydrogen-bond acceptors (Lipinski definition) is 5. The minimum atomic E-state index is -3.90. The first-order valence-corrected chi connectivity index (χ1v) is 6.46. The maximum Gasteiger partial charge on any atom is 0.331 e. The van der Waals surface area contributed by atoms with Crippen LogP contribution in [0.15, 0.2) is 36.3 Å². The molecular formula is C11H16O9S. The van der Waals surface area contributed by atoms with Gasteiger partial charge in [0.25, 0.3) is 10.1 Å². The number of carboxylic acid groups (broad SMARTS) is 3. The maximum absolute atomic E-state index is 9.87. The third-order valence-electron chi connectivity index (χ3n) is 1.19. The summed E-state index contributed by atoms with van der Waals surface area (Å²) in [6.07, 6.45) is 2.05. The standard InChI is InChI=1S/C5H6O4.C4H6O2.C2H4O3S/c1-3(5(8)9)2-4(6)7;1-2-3-4(5)6;1-2-6(3,4)5/h1-2H2,(H,6,7)(H,8,9);2-3H,1H3,(H,5,6);2H,1H2,(H,3,4,5)/b;3-2+;. The second-order valence-electron chi connectivity index (χ2n) is 3.00. The van der Waals surface area contributed by atoms with Crippen molar-refractivity contribution in [2.24, 2.45) is 0 Å². The van der Waals surface area contributed by atoms with E-state index in [9.17, 15) is 22.8 Å². The molecule has 0 rings (SSSR count). The van der Waals surface area contributed by atoms with Gasteiger partial charge < -0.3 is 15.3 Å². The van der Waals surface area contributed by atoms with Crippen molar-refractivity contribution in [3.8, 4) is 0 Å². The zero-order chi connectivity index (χ0) is 17.6. The van der Waals surface area contributed by atoms with Gasteiger partial charge in [-0.25, -0.2) is 9.59 Å². The van der Waals surface area contributed by atoms with Crippen molar-refractivity contribution in [1.29, 1.82) is 0 Å². The summed E-state index contributed by atoms with van der Waals surface area (Å²) in [5.41, 5.74) is -0.303. The topological polar surface area (TPSA) is 166 Å². The molecule has 0 aliphatic carbocycles. The first-order chi connectivity index (χ1) is 9.37. The molecule has 0 spiro atoms. The molecule has 0 fully saturated rings. The first-order valence-electron chi connectivity index (χ1n) is 4.95. The molecule has 0 unspecified atom stereocenters. The van der Waals surface area contributed by atoms with Gasteiger partial charge in [0.1, 0.15) is 0 Å². The fraction of sp³-hybridized carbons (Fsp3) is 0.182. The summed E-state index contributed by atoms with van der Waals surface area (Å²) in [6, 6.07) is 0. The van der Waals surface area contributed by atoms with Crippen molar-refractivity contribution in [3.05, 3.63) is 36.3 Å². The fourth-order valence-electron chi connectivity index (χ4n) is 0.401. The minimum absolute atomic E-state index is 0.303. The van der Waals surface area contributed by atoms with E-state index in [1.165, 1.54) is 6.08 Å². The molecule has 0 aliphatic heterocycles. The second kappa shape index (κ2) is 12.6. The van der Waals surface area contributed by atoms with Gasteiger partial charge in [-0.05, 0) is 6.92 Å². The lowest BCUT2D eigenvalue weighted by atomic mass is 10.2. The average molecular weight is 324 g/mol. The summed E-state index contributed by atoms with van der Waals surface area (Å²) in [7, 11) is -3.90. The van der Waals surface area contributed by atoms with Crippen molar-refractivity contribution in [3.63, 3.8) is 0 Å². The van der Waals surface area contributed by atoms with Crippen molar-refractivity contribution >= 4 is 28.0 Å². The van der Waals surface area contributed by atoms with Crippen LogP contribution in [0.4, 0.5) is 0 Å². The Hall–Kier alpha value is -2.46. The van der Waals surface area contributed by atoms with Crippen LogP contribution in [0, 0.1) is 0 Å². The highest BCUT2D eigenvalue weighted by atomic mass is 32.2. The van der Waals surface area contributed by atoms with Gasteiger partial charge in [0, 0.05) is 11.6 Å². The third-order valence-corrected chi connectivity index (χ3v) is 1.61. The van der Waals surface area contributed by atoms with Crippen LogP contribution in [-0.2, 0) is 24.5 Å². The molecule has 0 saturated carbocycles. The molecule has 0 aromatic heterocycles. The zero-order valence-electron chi connectivity index (χ0n) is 11.1. The molecular weight excluding hydrogens is 308 g/mol. The Morgan fingerprint density at radius 1 is 1.14 bits per heavy atom. The number of carboxylic acids is 3. The number of hydrogen-bond donors (Lipinski definition) is 4. The van der Waals surface area contributed by atoms with Crippen LogP contribution in [-0.4, -0.2) is 46.2 Å². The monoisotopic (exact) mass is 324 g/mol. The van der Waals surface area contributed by atoms with E-state index in [1.807, 2.05) is 0 Å². The Balaban J connectivity index is -0.000000240. The summed E-state index contributed by atoms with van der Waals surface area (Å²) in [4.78, 5) is 29.2. The molecule has 0 aromatic carbocycles. The van der Waals surface area contributed by atoms with Gasteiger partial charge >= 0.3 is 17.9 Å². The molecule has 0 atom stereocenters. The minimum Gasteiger partial charge on any atom is -0.481 e. The van der Waals surface area contributed by atoms with Gasteiger partial charge in [0.2, 0.25) is 0 Å². The van der Waals surface area contributed by atoms with Gasteiger partial charge in [-0.2, -0.15) is 8.42 Å². The van der Waals surface area contributed by atoms with Gasteiger partial charge in [0.05, 0.1) is 11.8 Å². The highest BCUT2D eigenvalue weighted by molar-refractivity contribution is 7.88. The van der Waals surface area contributed by atoms with Crippen LogP contribution in [0.25, 0.3) is 0 Å². The molecule has 0 heterocycles. The van der Waals surface area contributed by atoms with E-state index in [-0.39, 0.29) is 5.57 Å². The van der Waals surface area contributed by atoms with E-state index >= 15 is 0 Å². The summed E-state index contributed by atoms with van der Waals surface area (Å²) in [6.45, 7) is 7.47. The molecule has 0 aromatic rings. The molecule has 21 heavy (non-hydrogen) atoms. The SMILES string of the molecule is C/C=C/C(=O)O.C=C(CC(=O)O)C(=O)O.C=CS(=O)(=O)O. The van der Waals surface area contributed by atoms with Crippen molar-refractivity contribution < 1.29 is 42.7 Å². The third kappa shape index (κ3) is 31.8. The van der Waals surface area contributed by atoms with E-state index in [4.69, 9.17) is 19.9 Å². The lowest BCUT2D eigenvalue weighted by molar-refractivity contribution is -0.139. The molecule has 0 bridgehead atoms. The summed E-state index contributed by atoms with van der Waals surface area (Å²) in [5.74, 6) is -3.34. The van der Waals surface area contributed by atoms with Gasteiger partial charge in [-0.3, -0.25) is 9.35 Å². The molecule has 4 N–H and O–H groups in total. The smallest absolute Gasteiger partial charge is 0.331 e. The molecule has 0 amide bonds. The molecule has 9 nitrogen and oxygen atoms in total. The van der Waals surface area contributed by atoms with E-state index in [2.05, 4.69) is 13.2 Å². The molecule has 120 valence electrons. The fourth-order valence-corrected chi connectivity index (χ4v) is 0.401. The Morgan fingerprint density at radius 3 is 1.57 bits per heavy atom. The van der Waals surface area contributed by atoms with E-state index in [1.54, 1.807) is 6.92 Å². The number of rotatable bonds is 5. The van der Waals surface area contributed by atoms with Gasteiger partial charge in [0.15, 0.2) is 0 Å². The summed E-state index contributed by atoms with van der Waals surface area (Å²) >= 11 is 0. The maximum atomic E-state index is 9.87. The normalized spacial score (nSPS) is 9.43. The lowest BCUT2D eigenvalue weighted by Gasteiger charge is -1.91. The first kappa shape index (κ1) is 23.6. The quantitative estimate of drug-likeness (QED) is 0.421. The van der Waals surface area contributed by atoms with Crippen LogP contribution < -0.4 is 0 Å². The zero-order valence-corrected chi connectivity index (χ0v) is 11.9. The number of carbonyl (C=O) groups is 3. The largest absolute Gasteiger partial charge is 0.481 e. The average Bonchev–Trinajstić information content (AvgIpc) is 2.28. The van der Waals surface area contributed by atoms with Gasteiger partial charge in [-0.15, -0.1) is 0 Å². The Kier molecular flexibility index (Phi) is 14.1. The van der Waals surface area contributed by atoms with Crippen LogP contribution in [0.3, 0.4) is 0 Å². The number of aliphatic carboxylic acids is 3. The molecule has 10 heteroatoms. The predicted octanol–water partition coefficient (Wildman–Crippen LogP) is 0.767. The van der Waals surface area contributed by atoms with Crippen LogP contribution in [0.5, 0.6) is 0 Å². The molecule has 0 radical (unpaired) electrons. The number of allylic oxidation sites excluding steroid dienone is 1. The van der Waals surface area contributed by atoms with Crippen LogP contribution in [0.1, 0.15) is 13.3 Å². The lowest BCUT2D eigenvalue weighted by Crippen LogP contribution is -2.04. The Morgan fingerprint density at radius 2 is 1.52 bits per heavy atom. The molecule has 0 saturated heterocycles. The highest BCUT2D eigenvalue weighted by Crippen LogP contribution is 1.95. The van der Waals surface area contributed by atoms with Crippen molar-refractivity contribution in [1.82, 2.24) is 0 Å². The van der Waals surface area contributed by atoms with Crippen molar-refractivity contribution in [2.75, 3.05) is 0 Å². The second-order valence-corrected chi connectivity index (χ2v) is 4.36. The van der Waals surface area contributed by atoms with E-state index < -0.39 is 34.4 Å².